The Morgan fingerprint density at radius 2 is 1.63 bits per heavy atom. The summed E-state index contributed by atoms with van der Waals surface area (Å²) in [4.78, 5) is 34.9. The van der Waals surface area contributed by atoms with E-state index in [2.05, 4.69) is 0 Å². The van der Waals surface area contributed by atoms with Crippen LogP contribution in [0, 0.1) is 0 Å². The summed E-state index contributed by atoms with van der Waals surface area (Å²) >= 11 is 0. The molecule has 0 saturated carbocycles. The van der Waals surface area contributed by atoms with Gasteiger partial charge in [-0.2, -0.15) is 0 Å². The number of ether oxygens (including phenoxy) is 1. The van der Waals surface area contributed by atoms with E-state index >= 15 is 0 Å². The number of aliphatic imine (C=N–C) groups is 1. The fraction of sp³-hybridized carbons (Fsp3) is 0.250. The van der Waals surface area contributed by atoms with E-state index in [1.165, 1.54) is 4.90 Å². The Morgan fingerprint density at radius 3 is 2.20 bits per heavy atom. The molecule has 7 heteroatoms. The monoisotopic (exact) mass is 470 g/mol. The summed E-state index contributed by atoms with van der Waals surface area (Å²) in [5, 5.41) is 0. The van der Waals surface area contributed by atoms with Gasteiger partial charge in [0.25, 0.3) is 11.8 Å². The van der Waals surface area contributed by atoms with Crippen LogP contribution in [0.25, 0.3) is 0 Å². The predicted molar refractivity (Wildman–Crippen MR) is 136 cm³/mol. The quantitative estimate of drug-likeness (QED) is 0.519. The summed E-state index contributed by atoms with van der Waals surface area (Å²) in [7, 11) is 1.61. The number of nitrogens with zero attached hydrogens (tertiary/aromatic N) is 3. The van der Waals surface area contributed by atoms with Crippen molar-refractivity contribution >= 4 is 17.8 Å². The number of nitrogens with two attached hydrogens (primary N) is 1. The standard InChI is InChI=1S/C28H30N4O3/c1-3-31(17-18-35-2)25(33)22-12-10-11-21(19-22)20-32-26(34)28(30-27(32)29,23-13-6-4-7-14-23)24-15-8-5-9-16-24/h4-16,19H,3,17-18,20H2,1-2H3,(H2,29,30). The molecule has 0 bridgehead atoms. The second kappa shape index (κ2) is 10.5. The molecule has 0 spiro atoms. The highest BCUT2D eigenvalue weighted by Crippen LogP contribution is 2.39. The van der Waals surface area contributed by atoms with Gasteiger partial charge in [0.2, 0.25) is 0 Å². The Hall–Kier alpha value is -3.97. The number of hydrogen-bond acceptors (Lipinski definition) is 5. The smallest absolute Gasteiger partial charge is 0.266 e. The van der Waals surface area contributed by atoms with E-state index in [1.807, 2.05) is 85.8 Å². The largest absolute Gasteiger partial charge is 0.383 e. The molecule has 1 heterocycles. The number of methoxy groups -OCH3 is 1. The van der Waals surface area contributed by atoms with Crippen molar-refractivity contribution in [3.63, 3.8) is 0 Å². The summed E-state index contributed by atoms with van der Waals surface area (Å²) in [5.74, 6) is -0.155. The Balaban J connectivity index is 1.64. The lowest BCUT2D eigenvalue weighted by molar-refractivity contribution is -0.130. The molecule has 0 atom stereocenters. The molecular weight excluding hydrogens is 440 g/mol. The van der Waals surface area contributed by atoms with Gasteiger partial charge in [0.15, 0.2) is 11.5 Å². The first-order valence-electron chi connectivity index (χ1n) is 11.7. The maximum absolute atomic E-state index is 14.0. The maximum Gasteiger partial charge on any atom is 0.266 e. The van der Waals surface area contributed by atoms with Crippen LogP contribution in [-0.4, -0.2) is 54.4 Å². The molecule has 0 radical (unpaired) electrons. The van der Waals surface area contributed by atoms with E-state index in [-0.39, 0.29) is 24.3 Å². The topological polar surface area (TPSA) is 88.2 Å². The number of carbonyl (C=O) groups is 2. The third-order valence-corrected chi connectivity index (χ3v) is 6.25. The summed E-state index contributed by atoms with van der Waals surface area (Å²) < 4.78 is 5.12. The SMILES string of the molecule is CCN(CCOC)C(=O)c1cccc(CN2C(=O)C(c3ccccc3)(c3ccccc3)N=C2N)c1. The van der Waals surface area contributed by atoms with E-state index in [1.54, 1.807) is 18.1 Å². The van der Waals surface area contributed by atoms with Gasteiger partial charge in [-0.05, 0) is 35.7 Å². The Kier molecular flexibility index (Phi) is 7.27. The molecule has 7 nitrogen and oxygen atoms in total. The summed E-state index contributed by atoms with van der Waals surface area (Å²) in [6.07, 6.45) is 0. The van der Waals surface area contributed by atoms with Crippen LogP contribution in [0.2, 0.25) is 0 Å². The number of rotatable bonds is 9. The van der Waals surface area contributed by atoms with Crippen molar-refractivity contribution in [2.75, 3.05) is 26.8 Å². The zero-order valence-corrected chi connectivity index (χ0v) is 20.1. The molecular formula is C28H30N4O3. The first-order valence-corrected chi connectivity index (χ1v) is 11.7. The van der Waals surface area contributed by atoms with Crippen molar-refractivity contribution < 1.29 is 14.3 Å². The van der Waals surface area contributed by atoms with E-state index < -0.39 is 5.54 Å². The molecule has 35 heavy (non-hydrogen) atoms. The molecule has 0 unspecified atom stereocenters. The van der Waals surface area contributed by atoms with Crippen LogP contribution in [0.4, 0.5) is 0 Å². The van der Waals surface area contributed by atoms with E-state index in [0.29, 0.717) is 25.3 Å². The molecule has 2 amide bonds. The fourth-order valence-corrected chi connectivity index (χ4v) is 4.41. The number of benzene rings is 3. The van der Waals surface area contributed by atoms with Crippen LogP contribution < -0.4 is 5.73 Å². The summed E-state index contributed by atoms with van der Waals surface area (Å²) in [6, 6.07) is 26.2. The minimum Gasteiger partial charge on any atom is -0.383 e. The molecule has 0 fully saturated rings. The van der Waals surface area contributed by atoms with Crippen molar-refractivity contribution in [1.29, 1.82) is 0 Å². The van der Waals surface area contributed by atoms with Crippen LogP contribution >= 0.6 is 0 Å². The number of hydrogen-bond donors (Lipinski definition) is 1. The second-order valence-corrected chi connectivity index (χ2v) is 8.38. The molecule has 2 N–H and O–H groups in total. The second-order valence-electron chi connectivity index (χ2n) is 8.38. The van der Waals surface area contributed by atoms with Crippen molar-refractivity contribution in [1.82, 2.24) is 9.80 Å². The molecule has 1 aliphatic heterocycles. The van der Waals surface area contributed by atoms with Crippen LogP contribution in [0.3, 0.4) is 0 Å². The number of guanidine groups is 1. The summed E-state index contributed by atoms with van der Waals surface area (Å²) in [6.45, 7) is 3.70. The van der Waals surface area contributed by atoms with Gasteiger partial charge in [-0.25, -0.2) is 4.99 Å². The maximum atomic E-state index is 14.0. The van der Waals surface area contributed by atoms with Gasteiger partial charge in [-0.15, -0.1) is 0 Å². The highest BCUT2D eigenvalue weighted by atomic mass is 16.5. The normalized spacial score (nSPS) is 14.6. The highest BCUT2D eigenvalue weighted by molar-refractivity contribution is 6.09. The minimum absolute atomic E-state index is 0.0799. The zero-order valence-electron chi connectivity index (χ0n) is 20.1. The van der Waals surface area contributed by atoms with Crippen LogP contribution in [0.1, 0.15) is 34.0 Å². The van der Waals surface area contributed by atoms with Gasteiger partial charge in [-0.1, -0.05) is 72.8 Å². The molecule has 3 aromatic rings. The fourth-order valence-electron chi connectivity index (χ4n) is 4.41. The van der Waals surface area contributed by atoms with Gasteiger partial charge in [0.1, 0.15) is 0 Å². The Labute approximate surface area is 205 Å². The van der Waals surface area contributed by atoms with Gasteiger partial charge in [0, 0.05) is 25.8 Å². The Morgan fingerprint density at radius 1 is 1.00 bits per heavy atom. The van der Waals surface area contributed by atoms with Crippen LogP contribution in [0.5, 0.6) is 0 Å². The van der Waals surface area contributed by atoms with Crippen LogP contribution in [0.15, 0.2) is 89.9 Å². The lowest BCUT2D eigenvalue weighted by atomic mass is 9.83. The van der Waals surface area contributed by atoms with E-state index in [9.17, 15) is 9.59 Å². The molecule has 0 saturated heterocycles. The van der Waals surface area contributed by atoms with Crippen molar-refractivity contribution in [2.45, 2.75) is 19.0 Å². The van der Waals surface area contributed by atoms with E-state index in [4.69, 9.17) is 15.5 Å². The molecule has 3 aromatic carbocycles. The first-order chi connectivity index (χ1) is 17.0. The summed E-state index contributed by atoms with van der Waals surface area (Å²) in [5.41, 5.74) is 7.96. The van der Waals surface area contributed by atoms with E-state index in [0.717, 1.165) is 16.7 Å². The molecule has 1 aliphatic rings. The van der Waals surface area contributed by atoms with Gasteiger partial charge in [0.05, 0.1) is 13.2 Å². The van der Waals surface area contributed by atoms with Gasteiger partial charge < -0.3 is 15.4 Å². The highest BCUT2D eigenvalue weighted by Gasteiger charge is 2.50. The average Bonchev–Trinajstić information content (AvgIpc) is 3.16. The lowest BCUT2D eigenvalue weighted by Gasteiger charge is -2.27. The number of likely N-dealkylation sites (N-methyl/N-ethyl adjacent to an activating group) is 1. The molecule has 0 aromatic heterocycles. The molecule has 4 rings (SSSR count). The third kappa shape index (κ3) is 4.68. The van der Waals surface area contributed by atoms with Gasteiger partial charge in [-0.3, -0.25) is 14.5 Å². The van der Waals surface area contributed by atoms with Crippen LogP contribution in [-0.2, 0) is 21.6 Å². The number of amides is 2. The average molecular weight is 471 g/mol. The zero-order chi connectivity index (χ0) is 24.8. The number of carbonyl (C=O) groups excluding carboxylic acids is 2. The lowest BCUT2D eigenvalue weighted by Crippen LogP contribution is -2.43. The van der Waals surface area contributed by atoms with Crippen molar-refractivity contribution in [2.24, 2.45) is 10.7 Å². The van der Waals surface area contributed by atoms with Crippen molar-refractivity contribution in [3.05, 3.63) is 107 Å². The first kappa shape index (κ1) is 24.2. The van der Waals surface area contributed by atoms with Crippen molar-refractivity contribution in [3.8, 4) is 0 Å². The predicted octanol–water partition coefficient (Wildman–Crippen LogP) is 3.40. The molecule has 0 aliphatic carbocycles. The third-order valence-electron chi connectivity index (χ3n) is 6.25. The van der Waals surface area contributed by atoms with Gasteiger partial charge >= 0.3 is 0 Å². The minimum atomic E-state index is -1.25. The Bertz CT molecular complexity index is 1170. The molecule has 180 valence electrons.